The molecule has 1 aromatic heterocycles. The van der Waals surface area contributed by atoms with E-state index in [1.807, 2.05) is 20.0 Å². The lowest BCUT2D eigenvalue weighted by atomic mass is 10.0. The Morgan fingerprint density at radius 1 is 1.42 bits per heavy atom. The van der Waals surface area contributed by atoms with E-state index in [0.717, 1.165) is 16.8 Å². The van der Waals surface area contributed by atoms with Crippen molar-refractivity contribution in [3.05, 3.63) is 41.7 Å². The highest BCUT2D eigenvalue weighted by Crippen LogP contribution is 2.25. The largest absolute Gasteiger partial charge is 0.395 e. The number of aryl methyl sites for hydroxylation is 1. The first-order valence-corrected chi connectivity index (χ1v) is 10.4. The summed E-state index contributed by atoms with van der Waals surface area (Å²) in [5, 5.41) is 13.6. The Morgan fingerprint density at radius 3 is 2.77 bits per heavy atom. The number of aliphatic hydroxyl groups excluding tert-OH is 1. The van der Waals surface area contributed by atoms with Crippen molar-refractivity contribution in [2.45, 2.75) is 19.4 Å². The van der Waals surface area contributed by atoms with Crippen molar-refractivity contribution in [1.29, 1.82) is 0 Å². The molecule has 1 aromatic carbocycles. The van der Waals surface area contributed by atoms with Gasteiger partial charge in [-0.05, 0) is 31.0 Å². The van der Waals surface area contributed by atoms with Gasteiger partial charge in [0.2, 0.25) is 0 Å². The number of aromatic nitrogens is 2. The lowest BCUT2D eigenvalue weighted by Crippen LogP contribution is -2.42. The summed E-state index contributed by atoms with van der Waals surface area (Å²) in [5.74, 6) is -0.216. The van der Waals surface area contributed by atoms with E-state index in [1.54, 1.807) is 29.1 Å². The zero-order valence-electron chi connectivity index (χ0n) is 14.9. The van der Waals surface area contributed by atoms with Crippen LogP contribution < -0.4 is 0 Å². The maximum atomic E-state index is 13.0. The van der Waals surface area contributed by atoms with Gasteiger partial charge in [-0.1, -0.05) is 12.1 Å². The second-order valence-electron chi connectivity index (χ2n) is 6.63. The van der Waals surface area contributed by atoms with Crippen LogP contribution in [-0.4, -0.2) is 64.8 Å². The van der Waals surface area contributed by atoms with Gasteiger partial charge in [-0.25, -0.2) is 8.42 Å². The van der Waals surface area contributed by atoms with Crippen LogP contribution in [0.3, 0.4) is 0 Å². The van der Waals surface area contributed by atoms with Crippen LogP contribution >= 0.6 is 0 Å². The smallest absolute Gasteiger partial charge is 0.254 e. The number of amides is 1. The fraction of sp³-hybridized carbons (Fsp3) is 0.444. The van der Waals surface area contributed by atoms with E-state index in [2.05, 4.69) is 5.10 Å². The molecule has 1 aliphatic rings. The van der Waals surface area contributed by atoms with Gasteiger partial charge in [0.25, 0.3) is 5.91 Å². The zero-order chi connectivity index (χ0) is 18.9. The summed E-state index contributed by atoms with van der Waals surface area (Å²) in [6, 6.07) is 6.84. The number of carbonyl (C=O) groups excluding carboxylic acids is 1. The molecule has 0 radical (unpaired) electrons. The van der Waals surface area contributed by atoms with Gasteiger partial charge in [-0.2, -0.15) is 5.10 Å². The fourth-order valence-electron chi connectivity index (χ4n) is 3.35. The van der Waals surface area contributed by atoms with Crippen molar-refractivity contribution in [1.82, 2.24) is 14.7 Å². The van der Waals surface area contributed by atoms with Gasteiger partial charge < -0.3 is 10.0 Å². The average Bonchev–Trinajstić information content (AvgIpc) is 3.14. The molecule has 1 atom stereocenters. The number of sulfone groups is 1. The predicted octanol–water partition coefficient (Wildman–Crippen LogP) is 1.02. The van der Waals surface area contributed by atoms with E-state index in [1.165, 1.54) is 4.90 Å². The summed E-state index contributed by atoms with van der Waals surface area (Å²) in [5.41, 5.74) is 3.29. The number of benzene rings is 1. The van der Waals surface area contributed by atoms with Gasteiger partial charge in [-0.15, -0.1) is 0 Å². The van der Waals surface area contributed by atoms with Crippen LogP contribution in [0.5, 0.6) is 0 Å². The molecule has 2 aromatic rings. The van der Waals surface area contributed by atoms with Crippen LogP contribution in [0, 0.1) is 6.92 Å². The molecule has 0 saturated carbocycles. The summed E-state index contributed by atoms with van der Waals surface area (Å²) < 4.78 is 25.3. The molecule has 1 fully saturated rings. The van der Waals surface area contributed by atoms with Gasteiger partial charge in [0, 0.05) is 36.5 Å². The highest BCUT2D eigenvalue weighted by Gasteiger charge is 2.34. The first kappa shape index (κ1) is 18.6. The van der Waals surface area contributed by atoms with Crippen LogP contribution in [0.15, 0.2) is 30.5 Å². The van der Waals surface area contributed by atoms with Gasteiger partial charge in [0.15, 0.2) is 9.84 Å². The van der Waals surface area contributed by atoms with E-state index in [4.69, 9.17) is 0 Å². The molecule has 8 heteroatoms. The first-order chi connectivity index (χ1) is 12.3. The molecular weight excluding hydrogens is 354 g/mol. The summed E-state index contributed by atoms with van der Waals surface area (Å²) in [4.78, 5) is 14.5. The standard InChI is InChI=1S/C18H23N3O4S/c1-13-17(11-19-20(13)2)14-4-3-5-15(10-14)18(23)21(7-8-22)16-6-9-26(24,25)12-16/h3-5,10-11,16,22H,6-9,12H2,1-2H3/t16-/m1/s1. The molecule has 0 unspecified atom stereocenters. The van der Waals surface area contributed by atoms with Crippen molar-refractivity contribution in [3.8, 4) is 11.1 Å². The number of carbonyl (C=O) groups is 1. The summed E-state index contributed by atoms with van der Waals surface area (Å²) >= 11 is 0. The normalized spacial score (nSPS) is 18.8. The third-order valence-corrected chi connectivity index (χ3v) is 6.66. The van der Waals surface area contributed by atoms with Gasteiger partial charge in [0.1, 0.15) is 0 Å². The minimum absolute atomic E-state index is 0.0415. The number of aliphatic hydroxyl groups is 1. The van der Waals surface area contributed by atoms with Crippen molar-refractivity contribution in [3.63, 3.8) is 0 Å². The molecule has 1 saturated heterocycles. The first-order valence-electron chi connectivity index (χ1n) is 8.53. The maximum Gasteiger partial charge on any atom is 0.254 e. The third kappa shape index (κ3) is 3.66. The Bertz CT molecular complexity index is 920. The molecule has 0 bridgehead atoms. The third-order valence-electron chi connectivity index (χ3n) is 4.91. The van der Waals surface area contributed by atoms with E-state index in [-0.39, 0.29) is 36.6 Å². The topological polar surface area (TPSA) is 92.5 Å². The number of rotatable bonds is 5. The molecule has 140 valence electrons. The second-order valence-corrected chi connectivity index (χ2v) is 8.86. The Morgan fingerprint density at radius 2 is 2.19 bits per heavy atom. The number of hydrogen-bond donors (Lipinski definition) is 1. The van der Waals surface area contributed by atoms with Crippen LogP contribution in [0.25, 0.3) is 11.1 Å². The lowest BCUT2D eigenvalue weighted by molar-refractivity contribution is 0.0655. The minimum Gasteiger partial charge on any atom is -0.395 e. The SMILES string of the molecule is Cc1c(-c2cccc(C(=O)N(CCO)[C@@H]3CCS(=O)(=O)C3)c2)cnn1C. The van der Waals surface area contributed by atoms with E-state index < -0.39 is 9.84 Å². The van der Waals surface area contributed by atoms with Gasteiger partial charge in [-0.3, -0.25) is 9.48 Å². The van der Waals surface area contributed by atoms with Crippen LogP contribution in [0.1, 0.15) is 22.5 Å². The maximum absolute atomic E-state index is 13.0. The summed E-state index contributed by atoms with van der Waals surface area (Å²) in [7, 11) is -1.26. The number of hydrogen-bond acceptors (Lipinski definition) is 5. The quantitative estimate of drug-likeness (QED) is 0.840. The molecule has 3 rings (SSSR count). The fourth-order valence-corrected chi connectivity index (χ4v) is 5.08. The van der Waals surface area contributed by atoms with E-state index >= 15 is 0 Å². The molecule has 1 amide bonds. The Labute approximate surface area is 153 Å². The van der Waals surface area contributed by atoms with Gasteiger partial charge >= 0.3 is 0 Å². The highest BCUT2D eigenvalue weighted by atomic mass is 32.2. The predicted molar refractivity (Wildman–Crippen MR) is 98.6 cm³/mol. The van der Waals surface area contributed by atoms with Crippen molar-refractivity contribution >= 4 is 15.7 Å². The van der Waals surface area contributed by atoms with Crippen LogP contribution in [0.2, 0.25) is 0 Å². The highest BCUT2D eigenvalue weighted by molar-refractivity contribution is 7.91. The average molecular weight is 377 g/mol. The molecule has 0 spiro atoms. The van der Waals surface area contributed by atoms with Crippen molar-refractivity contribution in [2.24, 2.45) is 7.05 Å². The minimum atomic E-state index is -3.12. The monoisotopic (exact) mass is 377 g/mol. The Balaban J connectivity index is 1.90. The summed E-state index contributed by atoms with van der Waals surface area (Å²) in [6.07, 6.45) is 2.17. The molecule has 2 heterocycles. The molecule has 26 heavy (non-hydrogen) atoms. The summed E-state index contributed by atoms with van der Waals surface area (Å²) in [6.45, 7) is 1.87. The Kier molecular flexibility index (Phi) is 5.15. The zero-order valence-corrected chi connectivity index (χ0v) is 15.7. The molecule has 7 nitrogen and oxygen atoms in total. The van der Waals surface area contributed by atoms with Crippen LogP contribution in [-0.2, 0) is 16.9 Å². The van der Waals surface area contributed by atoms with E-state index in [0.29, 0.717) is 12.0 Å². The lowest BCUT2D eigenvalue weighted by Gasteiger charge is -2.27. The second kappa shape index (κ2) is 7.20. The van der Waals surface area contributed by atoms with Crippen LogP contribution in [0.4, 0.5) is 0 Å². The molecular formula is C18H23N3O4S. The Hall–Kier alpha value is -2.19. The molecule has 1 aliphatic heterocycles. The van der Waals surface area contributed by atoms with Crippen molar-refractivity contribution in [2.75, 3.05) is 24.7 Å². The van der Waals surface area contributed by atoms with Gasteiger partial charge in [0.05, 0.1) is 24.3 Å². The molecule has 1 N–H and O–H groups in total. The van der Waals surface area contributed by atoms with Crippen molar-refractivity contribution < 1.29 is 18.3 Å². The van der Waals surface area contributed by atoms with E-state index in [9.17, 15) is 18.3 Å². The molecule has 0 aliphatic carbocycles. The number of nitrogens with zero attached hydrogens (tertiary/aromatic N) is 3.